The van der Waals surface area contributed by atoms with Gasteiger partial charge in [-0.05, 0) is 101 Å². The highest BCUT2D eigenvalue weighted by Crippen LogP contribution is 2.49. The molecular weight excluding hydrogens is 647 g/mol. The van der Waals surface area contributed by atoms with Gasteiger partial charge in [0.1, 0.15) is 4.90 Å². The van der Waals surface area contributed by atoms with Gasteiger partial charge >= 0.3 is 10.1 Å². The van der Waals surface area contributed by atoms with Gasteiger partial charge in [-0.1, -0.05) is 60.2 Å². The quantitative estimate of drug-likeness (QED) is 0.0931. The molecule has 0 radical (unpaired) electrons. The first-order chi connectivity index (χ1) is 19.8. The molecule has 41 heavy (non-hydrogen) atoms. The molecule has 0 spiro atoms. The maximum Gasteiger partial charge on any atom is 0.339 e. The Bertz CT molecular complexity index is 1750. The average molecular weight is 677 g/mol. The number of allylic oxidation sites excluding steroid dienone is 2. The lowest BCUT2D eigenvalue weighted by Gasteiger charge is -2.37. The third kappa shape index (κ3) is 5.63. The Morgan fingerprint density at radius 2 is 1.76 bits per heavy atom. The molecule has 4 aromatic rings. The molecule has 3 atom stereocenters. The second kappa shape index (κ2) is 11.3. The van der Waals surface area contributed by atoms with E-state index in [4.69, 9.17) is 8.92 Å². The largest absolute Gasteiger partial charge is 0.493 e. The van der Waals surface area contributed by atoms with Gasteiger partial charge in [0.15, 0.2) is 11.5 Å². The van der Waals surface area contributed by atoms with Crippen LogP contribution in [-0.2, 0) is 10.1 Å². The van der Waals surface area contributed by atoms with Crippen LogP contribution in [-0.4, -0.2) is 21.7 Å². The highest BCUT2D eigenvalue weighted by atomic mass is 127. The summed E-state index contributed by atoms with van der Waals surface area (Å²) in [5.41, 5.74) is 6.37. The Hall–Kier alpha value is -3.63. The van der Waals surface area contributed by atoms with Crippen molar-refractivity contribution in [3.05, 3.63) is 123 Å². The van der Waals surface area contributed by atoms with Gasteiger partial charge in [-0.3, -0.25) is 4.99 Å². The molecule has 6 nitrogen and oxygen atoms in total. The van der Waals surface area contributed by atoms with Crippen molar-refractivity contribution in [3.8, 4) is 11.5 Å². The van der Waals surface area contributed by atoms with Gasteiger partial charge < -0.3 is 14.2 Å². The first-order valence-electron chi connectivity index (χ1n) is 13.4. The molecule has 0 saturated heterocycles. The molecule has 0 saturated carbocycles. The minimum Gasteiger partial charge on any atom is -0.493 e. The fourth-order valence-electron chi connectivity index (χ4n) is 5.55. The van der Waals surface area contributed by atoms with E-state index in [1.54, 1.807) is 24.4 Å². The molecule has 0 fully saturated rings. The van der Waals surface area contributed by atoms with Gasteiger partial charge in [0.2, 0.25) is 0 Å². The lowest BCUT2D eigenvalue weighted by atomic mass is 9.77. The third-order valence-corrected chi connectivity index (χ3v) is 9.68. The molecule has 1 aliphatic heterocycles. The summed E-state index contributed by atoms with van der Waals surface area (Å²) in [5.74, 6) is 1.39. The number of halogens is 1. The number of hydrogen-bond donors (Lipinski definition) is 1. The minimum atomic E-state index is -4.02. The Morgan fingerprint density at radius 3 is 2.51 bits per heavy atom. The molecule has 208 valence electrons. The maximum atomic E-state index is 12.9. The van der Waals surface area contributed by atoms with Crippen molar-refractivity contribution in [3.63, 3.8) is 0 Å². The monoisotopic (exact) mass is 676 g/mol. The number of para-hydroxylation sites is 1. The summed E-state index contributed by atoms with van der Waals surface area (Å²) in [6, 6.07) is 27.2. The van der Waals surface area contributed by atoms with Crippen LogP contribution in [0, 0.1) is 16.4 Å². The van der Waals surface area contributed by atoms with Gasteiger partial charge in [0.25, 0.3) is 0 Å². The van der Waals surface area contributed by atoms with E-state index in [1.807, 2.05) is 25.1 Å². The van der Waals surface area contributed by atoms with Gasteiger partial charge in [0, 0.05) is 17.8 Å². The number of methoxy groups -OCH3 is 1. The summed E-state index contributed by atoms with van der Waals surface area (Å²) in [6.45, 7) is 1.90. The normalized spacial score (nSPS) is 19.4. The number of nitrogens with one attached hydrogen (secondary N) is 1. The zero-order valence-electron chi connectivity index (χ0n) is 22.6. The van der Waals surface area contributed by atoms with Crippen molar-refractivity contribution in [1.82, 2.24) is 0 Å². The van der Waals surface area contributed by atoms with Gasteiger partial charge in [0.05, 0.1) is 22.4 Å². The third-order valence-electron chi connectivity index (χ3n) is 7.64. The van der Waals surface area contributed by atoms with Crippen LogP contribution in [0.15, 0.2) is 107 Å². The molecule has 4 aromatic carbocycles. The first-order valence-corrected chi connectivity index (χ1v) is 15.9. The number of aliphatic imine (C=N–C) groups is 1. The zero-order valence-corrected chi connectivity index (χ0v) is 25.6. The number of nitrogens with zero attached hydrogens (tertiary/aromatic N) is 1. The van der Waals surface area contributed by atoms with Crippen molar-refractivity contribution in [1.29, 1.82) is 0 Å². The topological polar surface area (TPSA) is 77.0 Å². The predicted octanol–water partition coefficient (Wildman–Crippen LogP) is 7.95. The Balaban J connectivity index is 1.20. The summed E-state index contributed by atoms with van der Waals surface area (Å²) in [6.07, 6.45) is 7.45. The smallest absolute Gasteiger partial charge is 0.339 e. The van der Waals surface area contributed by atoms with E-state index in [0.29, 0.717) is 21.2 Å². The van der Waals surface area contributed by atoms with E-state index in [2.05, 4.69) is 81.5 Å². The molecule has 1 heterocycles. The second-order valence-corrected chi connectivity index (χ2v) is 13.0. The molecule has 2 aliphatic rings. The van der Waals surface area contributed by atoms with E-state index in [0.717, 1.165) is 23.2 Å². The Morgan fingerprint density at radius 1 is 1.00 bits per heavy atom. The van der Waals surface area contributed by atoms with Crippen LogP contribution in [0.1, 0.15) is 40.6 Å². The molecule has 0 unspecified atom stereocenters. The number of aryl methyl sites for hydroxylation is 1. The lowest BCUT2D eigenvalue weighted by Crippen LogP contribution is -2.28. The Kier molecular flexibility index (Phi) is 7.61. The number of benzene rings is 4. The van der Waals surface area contributed by atoms with Crippen molar-refractivity contribution in [2.45, 2.75) is 30.2 Å². The standard InChI is InChI=1S/C33H29IN2O4S/c1-21-10-16-25(17-11-21)41(37,38)40-33-29(34)18-22(19-31(33)39-2)20-35-24-14-12-23(13-15-24)32-28-8-5-7-26(28)27-6-3-4-9-30(27)36-32/h3-7,9-20,26,28,32,36H,8H2,1-2H3/t26-,28-,32+/m1/s1. The molecule has 0 aromatic heterocycles. The van der Waals surface area contributed by atoms with Crippen LogP contribution in [0.25, 0.3) is 0 Å². The summed E-state index contributed by atoms with van der Waals surface area (Å²) >= 11 is 2.05. The zero-order chi connectivity index (χ0) is 28.6. The molecular formula is C33H29IN2O4S. The summed E-state index contributed by atoms with van der Waals surface area (Å²) in [4.78, 5) is 4.75. The molecule has 1 aliphatic carbocycles. The number of hydrogen-bond acceptors (Lipinski definition) is 6. The SMILES string of the molecule is COc1cc(C=Nc2ccc([C@@H]3Nc4ccccc4[C@H]4C=CC[C@H]43)cc2)cc(I)c1OS(=O)(=O)c1ccc(C)cc1. The van der Waals surface area contributed by atoms with E-state index in [9.17, 15) is 8.42 Å². The predicted molar refractivity (Wildman–Crippen MR) is 171 cm³/mol. The first kappa shape index (κ1) is 27.5. The fourth-order valence-corrected chi connectivity index (χ4v) is 7.39. The van der Waals surface area contributed by atoms with Crippen LogP contribution in [0.2, 0.25) is 0 Å². The lowest BCUT2D eigenvalue weighted by molar-refractivity contribution is 0.389. The molecule has 6 rings (SSSR count). The van der Waals surface area contributed by atoms with Crippen molar-refractivity contribution >= 4 is 50.3 Å². The maximum absolute atomic E-state index is 12.9. The van der Waals surface area contributed by atoms with Crippen LogP contribution in [0.3, 0.4) is 0 Å². The van der Waals surface area contributed by atoms with Crippen LogP contribution >= 0.6 is 22.6 Å². The summed E-state index contributed by atoms with van der Waals surface area (Å²) < 4.78 is 37.3. The van der Waals surface area contributed by atoms with Crippen molar-refractivity contribution in [2.24, 2.45) is 10.9 Å². The van der Waals surface area contributed by atoms with Gasteiger partial charge in [-0.2, -0.15) is 8.42 Å². The van der Waals surface area contributed by atoms with Crippen molar-refractivity contribution in [2.75, 3.05) is 12.4 Å². The molecule has 8 heteroatoms. The summed E-state index contributed by atoms with van der Waals surface area (Å²) in [5, 5.41) is 3.77. The summed E-state index contributed by atoms with van der Waals surface area (Å²) in [7, 11) is -2.53. The van der Waals surface area contributed by atoms with Crippen LogP contribution in [0.5, 0.6) is 11.5 Å². The molecule has 0 bridgehead atoms. The molecule has 0 amide bonds. The minimum absolute atomic E-state index is 0.0855. The van der Waals surface area contributed by atoms with E-state index in [-0.39, 0.29) is 16.7 Å². The second-order valence-electron chi connectivity index (χ2n) is 10.3. The average Bonchev–Trinajstić information content (AvgIpc) is 3.48. The number of fused-ring (bicyclic) bond motifs is 3. The fraction of sp³-hybridized carbons (Fsp3) is 0.182. The van der Waals surface area contributed by atoms with Crippen molar-refractivity contribution < 1.29 is 17.3 Å². The van der Waals surface area contributed by atoms with Gasteiger partial charge in [-0.25, -0.2) is 0 Å². The highest BCUT2D eigenvalue weighted by Gasteiger charge is 2.37. The van der Waals surface area contributed by atoms with Crippen LogP contribution < -0.4 is 14.2 Å². The Labute approximate surface area is 254 Å². The van der Waals surface area contributed by atoms with Gasteiger partial charge in [-0.15, -0.1) is 0 Å². The van der Waals surface area contributed by atoms with E-state index < -0.39 is 10.1 Å². The highest BCUT2D eigenvalue weighted by molar-refractivity contribution is 14.1. The van der Waals surface area contributed by atoms with Crippen LogP contribution in [0.4, 0.5) is 11.4 Å². The number of anilines is 1. The number of rotatable bonds is 7. The number of ether oxygens (including phenoxy) is 1. The van der Waals surface area contributed by atoms with E-state index >= 15 is 0 Å². The van der Waals surface area contributed by atoms with E-state index in [1.165, 1.54) is 36.1 Å². The molecule has 1 N–H and O–H groups in total.